The molecule has 0 aliphatic carbocycles. The first-order valence-electron chi connectivity index (χ1n) is 3.85. The van der Waals surface area contributed by atoms with Gasteiger partial charge in [-0.25, -0.2) is 0 Å². The molecule has 1 unspecified atom stereocenters. The van der Waals surface area contributed by atoms with Crippen LogP contribution in [0.2, 0.25) is 0 Å². The molecule has 1 amide bonds. The number of amides is 1. The molecule has 1 aliphatic rings. The summed E-state index contributed by atoms with van der Waals surface area (Å²) in [6, 6.07) is 0.284. The first-order chi connectivity index (χ1) is 5.27. The van der Waals surface area contributed by atoms with Gasteiger partial charge in [0.1, 0.15) is 0 Å². The third kappa shape index (κ3) is 1.70. The minimum absolute atomic E-state index is 0.0827. The van der Waals surface area contributed by atoms with E-state index in [4.69, 9.17) is 0 Å². The minimum atomic E-state index is 0.0827. The van der Waals surface area contributed by atoms with Crippen LogP contribution in [0.3, 0.4) is 0 Å². The zero-order valence-corrected chi connectivity index (χ0v) is 6.76. The lowest BCUT2D eigenvalue weighted by atomic mass is 10.1. The molecule has 1 N–H and O–H groups in total. The molecule has 1 fully saturated rings. The molecule has 0 aromatic carbocycles. The SMILES string of the molecule is C=CCC1C/C(=C\C)C(=O)N1. The molecule has 1 atom stereocenters. The van der Waals surface area contributed by atoms with E-state index < -0.39 is 0 Å². The quantitative estimate of drug-likeness (QED) is 0.469. The highest BCUT2D eigenvalue weighted by Crippen LogP contribution is 2.16. The van der Waals surface area contributed by atoms with Gasteiger partial charge in [0.15, 0.2) is 0 Å². The van der Waals surface area contributed by atoms with E-state index in [9.17, 15) is 4.79 Å². The lowest BCUT2D eigenvalue weighted by molar-refractivity contribution is -0.116. The minimum Gasteiger partial charge on any atom is -0.349 e. The largest absolute Gasteiger partial charge is 0.349 e. The molecule has 2 heteroatoms. The van der Waals surface area contributed by atoms with Crippen LogP contribution in [-0.2, 0) is 4.79 Å². The second-order valence-electron chi connectivity index (χ2n) is 2.71. The molecule has 0 aromatic rings. The Hall–Kier alpha value is -1.05. The molecular weight excluding hydrogens is 138 g/mol. The van der Waals surface area contributed by atoms with Crippen molar-refractivity contribution in [2.45, 2.75) is 25.8 Å². The molecule has 1 heterocycles. The Labute approximate surface area is 67.0 Å². The third-order valence-electron chi connectivity index (χ3n) is 1.89. The van der Waals surface area contributed by atoms with E-state index >= 15 is 0 Å². The van der Waals surface area contributed by atoms with E-state index in [-0.39, 0.29) is 11.9 Å². The van der Waals surface area contributed by atoms with Crippen LogP contribution in [-0.4, -0.2) is 11.9 Å². The van der Waals surface area contributed by atoms with Crippen molar-refractivity contribution in [1.29, 1.82) is 0 Å². The zero-order valence-electron chi connectivity index (χ0n) is 6.76. The van der Waals surface area contributed by atoms with Crippen molar-refractivity contribution in [2.24, 2.45) is 0 Å². The van der Waals surface area contributed by atoms with E-state index in [1.807, 2.05) is 19.1 Å². The molecule has 0 radical (unpaired) electrons. The van der Waals surface area contributed by atoms with Crippen LogP contribution in [0.15, 0.2) is 24.3 Å². The van der Waals surface area contributed by atoms with Crippen molar-refractivity contribution in [3.63, 3.8) is 0 Å². The molecule has 0 aromatic heterocycles. The van der Waals surface area contributed by atoms with Crippen LogP contribution in [0, 0.1) is 0 Å². The van der Waals surface area contributed by atoms with Gasteiger partial charge in [0.05, 0.1) is 0 Å². The number of carbonyl (C=O) groups is 1. The van der Waals surface area contributed by atoms with Crippen molar-refractivity contribution in [1.82, 2.24) is 5.32 Å². The van der Waals surface area contributed by atoms with Crippen LogP contribution >= 0.6 is 0 Å². The Balaban J connectivity index is 2.56. The Morgan fingerprint density at radius 1 is 1.82 bits per heavy atom. The summed E-state index contributed by atoms with van der Waals surface area (Å²) in [5.41, 5.74) is 0.900. The van der Waals surface area contributed by atoms with Gasteiger partial charge >= 0.3 is 0 Å². The lowest BCUT2D eigenvalue weighted by Gasteiger charge is -2.02. The standard InChI is InChI=1S/C9H13NO/c1-3-5-8-6-7(4-2)9(11)10-8/h3-4,8H,1,5-6H2,2H3,(H,10,11)/b7-4+. The smallest absolute Gasteiger partial charge is 0.247 e. The van der Waals surface area contributed by atoms with Gasteiger partial charge in [-0.05, 0) is 19.8 Å². The number of hydrogen-bond acceptors (Lipinski definition) is 1. The van der Waals surface area contributed by atoms with Gasteiger partial charge in [-0.15, -0.1) is 6.58 Å². The molecule has 1 saturated heterocycles. The van der Waals surface area contributed by atoms with E-state index in [1.54, 1.807) is 0 Å². The van der Waals surface area contributed by atoms with E-state index in [1.165, 1.54) is 0 Å². The molecule has 0 saturated carbocycles. The third-order valence-corrected chi connectivity index (χ3v) is 1.89. The van der Waals surface area contributed by atoms with E-state index in [0.717, 1.165) is 18.4 Å². The van der Waals surface area contributed by atoms with Gasteiger partial charge in [0.2, 0.25) is 5.91 Å². The summed E-state index contributed by atoms with van der Waals surface area (Å²) < 4.78 is 0. The molecule has 0 bridgehead atoms. The topological polar surface area (TPSA) is 29.1 Å². The van der Waals surface area contributed by atoms with Gasteiger partial charge in [-0.3, -0.25) is 4.79 Å². The molecule has 60 valence electrons. The summed E-state index contributed by atoms with van der Waals surface area (Å²) in [6.45, 7) is 5.52. The van der Waals surface area contributed by atoms with Crippen LogP contribution in [0.4, 0.5) is 0 Å². The summed E-state index contributed by atoms with van der Waals surface area (Å²) >= 11 is 0. The number of hydrogen-bond donors (Lipinski definition) is 1. The highest BCUT2D eigenvalue weighted by Gasteiger charge is 2.23. The number of allylic oxidation sites excluding steroid dienone is 1. The fourth-order valence-electron chi connectivity index (χ4n) is 1.28. The van der Waals surface area contributed by atoms with Crippen LogP contribution in [0.25, 0.3) is 0 Å². The fraction of sp³-hybridized carbons (Fsp3) is 0.444. The van der Waals surface area contributed by atoms with Crippen LogP contribution < -0.4 is 5.32 Å². The predicted molar refractivity (Wildman–Crippen MR) is 45.1 cm³/mol. The monoisotopic (exact) mass is 151 g/mol. The average Bonchev–Trinajstić information content (AvgIpc) is 2.32. The van der Waals surface area contributed by atoms with Gasteiger partial charge in [-0.2, -0.15) is 0 Å². The lowest BCUT2D eigenvalue weighted by Crippen LogP contribution is -2.24. The van der Waals surface area contributed by atoms with Crippen LogP contribution in [0.1, 0.15) is 19.8 Å². The molecule has 1 rings (SSSR count). The maximum atomic E-state index is 11.1. The molecule has 0 spiro atoms. The van der Waals surface area contributed by atoms with Crippen molar-refractivity contribution in [3.05, 3.63) is 24.3 Å². The van der Waals surface area contributed by atoms with Gasteiger partial charge in [0.25, 0.3) is 0 Å². The molecule has 2 nitrogen and oxygen atoms in total. The van der Waals surface area contributed by atoms with Crippen molar-refractivity contribution < 1.29 is 4.79 Å². The fourth-order valence-corrected chi connectivity index (χ4v) is 1.28. The molecule has 11 heavy (non-hydrogen) atoms. The summed E-state index contributed by atoms with van der Waals surface area (Å²) in [5, 5.41) is 2.88. The van der Waals surface area contributed by atoms with E-state index in [2.05, 4.69) is 11.9 Å². The van der Waals surface area contributed by atoms with Crippen molar-refractivity contribution in [2.75, 3.05) is 0 Å². The first kappa shape index (κ1) is 8.05. The van der Waals surface area contributed by atoms with Gasteiger partial charge in [0, 0.05) is 11.6 Å². The molecular formula is C9H13NO. The van der Waals surface area contributed by atoms with E-state index in [0.29, 0.717) is 0 Å². The second-order valence-corrected chi connectivity index (χ2v) is 2.71. The Bertz CT molecular complexity index is 206. The van der Waals surface area contributed by atoms with Crippen molar-refractivity contribution in [3.8, 4) is 0 Å². The Morgan fingerprint density at radius 3 is 3.00 bits per heavy atom. The number of rotatable bonds is 2. The summed E-state index contributed by atoms with van der Waals surface area (Å²) in [5.74, 6) is 0.0827. The average molecular weight is 151 g/mol. The predicted octanol–water partition coefficient (Wildman–Crippen LogP) is 1.40. The normalized spacial score (nSPS) is 27.2. The van der Waals surface area contributed by atoms with Gasteiger partial charge < -0.3 is 5.32 Å². The van der Waals surface area contributed by atoms with Crippen molar-refractivity contribution >= 4 is 5.91 Å². The molecule has 1 aliphatic heterocycles. The summed E-state index contributed by atoms with van der Waals surface area (Å²) in [4.78, 5) is 11.1. The van der Waals surface area contributed by atoms with Crippen LogP contribution in [0.5, 0.6) is 0 Å². The Morgan fingerprint density at radius 2 is 2.55 bits per heavy atom. The highest BCUT2D eigenvalue weighted by atomic mass is 16.2. The summed E-state index contributed by atoms with van der Waals surface area (Å²) in [7, 11) is 0. The maximum Gasteiger partial charge on any atom is 0.247 e. The summed E-state index contributed by atoms with van der Waals surface area (Å²) in [6.07, 6.45) is 5.42. The second kappa shape index (κ2) is 3.37. The van der Waals surface area contributed by atoms with Gasteiger partial charge in [-0.1, -0.05) is 12.2 Å². The maximum absolute atomic E-state index is 11.1. The highest BCUT2D eigenvalue weighted by molar-refractivity contribution is 5.95. The zero-order chi connectivity index (χ0) is 8.27. The first-order valence-corrected chi connectivity index (χ1v) is 3.85. The Kier molecular flexibility index (Phi) is 2.47. The number of nitrogens with one attached hydrogen (secondary N) is 1. The number of carbonyl (C=O) groups excluding carboxylic acids is 1.